The smallest absolute Gasteiger partial charge is 0.265 e. The molecule has 2 heterocycles. The summed E-state index contributed by atoms with van der Waals surface area (Å²) >= 11 is 7.53. The molecule has 5 nitrogen and oxygen atoms in total. The molecule has 2 aromatic rings. The number of amides is 2. The van der Waals surface area contributed by atoms with Crippen LogP contribution in [0.1, 0.15) is 31.7 Å². The lowest BCUT2D eigenvalue weighted by Crippen LogP contribution is -2.43. The minimum atomic E-state index is -0.170. The van der Waals surface area contributed by atoms with Gasteiger partial charge in [-0.25, -0.2) is 0 Å². The molecule has 2 aliphatic rings. The lowest BCUT2D eigenvalue weighted by Gasteiger charge is -2.31. The summed E-state index contributed by atoms with van der Waals surface area (Å²) in [4.78, 5) is 31.6. The maximum atomic E-state index is 13.3. The number of likely N-dealkylation sites (tertiary alicyclic amines) is 1. The van der Waals surface area contributed by atoms with Crippen LogP contribution in [0.15, 0.2) is 58.3 Å². The van der Waals surface area contributed by atoms with Crippen molar-refractivity contribution in [3.63, 3.8) is 0 Å². The molecule has 0 aromatic heterocycles. The molecule has 4 rings (SSSR count). The van der Waals surface area contributed by atoms with E-state index in [-0.39, 0.29) is 18.4 Å². The molecule has 2 aliphatic heterocycles. The van der Waals surface area contributed by atoms with Gasteiger partial charge in [0.2, 0.25) is 5.91 Å². The summed E-state index contributed by atoms with van der Waals surface area (Å²) in [6, 6.07) is 15.1. The topological polar surface area (TPSA) is 52.7 Å². The first kappa shape index (κ1) is 23.9. The molecule has 1 N–H and O–H groups in total. The second-order valence-corrected chi connectivity index (χ2v) is 10.3. The molecule has 1 atom stereocenters. The van der Waals surface area contributed by atoms with E-state index in [1.165, 1.54) is 24.6 Å². The van der Waals surface area contributed by atoms with Gasteiger partial charge in [-0.05, 0) is 74.2 Å². The fourth-order valence-electron chi connectivity index (χ4n) is 4.39. The van der Waals surface area contributed by atoms with E-state index in [1.807, 2.05) is 48.5 Å². The molecule has 1 saturated heterocycles. The van der Waals surface area contributed by atoms with Gasteiger partial charge in [0, 0.05) is 23.0 Å². The van der Waals surface area contributed by atoms with Crippen LogP contribution in [0.5, 0.6) is 0 Å². The van der Waals surface area contributed by atoms with E-state index in [9.17, 15) is 9.59 Å². The summed E-state index contributed by atoms with van der Waals surface area (Å²) in [6.07, 6.45) is 5.32. The number of halogens is 1. The molecule has 33 heavy (non-hydrogen) atoms. The number of thioether (sulfide) groups is 1. The Bertz CT molecular complexity index is 1040. The Morgan fingerprint density at radius 1 is 1.24 bits per heavy atom. The number of piperidine rings is 1. The van der Waals surface area contributed by atoms with Crippen molar-refractivity contribution in [3.05, 3.63) is 64.0 Å². The van der Waals surface area contributed by atoms with Gasteiger partial charge in [0.1, 0.15) is 6.54 Å². The fourth-order valence-corrected chi connectivity index (χ4v) is 5.64. The fraction of sp³-hybridized carbons (Fsp3) is 0.385. The van der Waals surface area contributed by atoms with Crippen molar-refractivity contribution in [2.75, 3.05) is 37.6 Å². The minimum absolute atomic E-state index is 0.00401. The van der Waals surface area contributed by atoms with Crippen LogP contribution in [0.4, 0.5) is 5.69 Å². The number of fused-ring (bicyclic) bond motifs is 1. The van der Waals surface area contributed by atoms with Gasteiger partial charge in [0.15, 0.2) is 0 Å². The van der Waals surface area contributed by atoms with E-state index in [0.29, 0.717) is 16.5 Å². The lowest BCUT2D eigenvalue weighted by atomic mass is 10.0. The highest BCUT2D eigenvalue weighted by atomic mass is 35.5. The standard InChI is InChI=1S/C26H30ClN3O2S/c1-19-7-5-13-29(17-19)14-6-12-28-25(31)18-30-22-10-2-3-11-23(22)33-24(26(30)32)16-20-8-4-9-21(27)15-20/h2-4,8-11,15-16,19H,5-7,12-14,17-18H2,1H3,(H,28,31)/b24-16-. The van der Waals surface area contributed by atoms with Gasteiger partial charge >= 0.3 is 0 Å². The third-order valence-electron chi connectivity index (χ3n) is 5.99. The lowest BCUT2D eigenvalue weighted by molar-refractivity contribution is -0.122. The third kappa shape index (κ3) is 6.40. The van der Waals surface area contributed by atoms with Gasteiger partial charge in [-0.3, -0.25) is 14.5 Å². The van der Waals surface area contributed by atoms with E-state index in [0.717, 1.165) is 48.1 Å². The Morgan fingerprint density at radius 2 is 2.09 bits per heavy atom. The van der Waals surface area contributed by atoms with Crippen molar-refractivity contribution in [1.82, 2.24) is 10.2 Å². The summed E-state index contributed by atoms with van der Waals surface area (Å²) in [5.74, 6) is 0.445. The van der Waals surface area contributed by atoms with Gasteiger partial charge in [0.05, 0.1) is 10.6 Å². The number of rotatable bonds is 7. The molecule has 1 fully saturated rings. The number of hydrogen-bond acceptors (Lipinski definition) is 4. The number of hydrogen-bond donors (Lipinski definition) is 1. The molecule has 0 saturated carbocycles. The zero-order chi connectivity index (χ0) is 23.2. The largest absolute Gasteiger partial charge is 0.355 e. The Morgan fingerprint density at radius 3 is 2.91 bits per heavy atom. The SMILES string of the molecule is CC1CCCN(CCCNC(=O)CN2C(=O)/C(=C/c3cccc(Cl)c3)Sc3ccccc32)C1. The van der Waals surface area contributed by atoms with Crippen LogP contribution in [-0.2, 0) is 9.59 Å². The Hall–Kier alpha value is -2.28. The normalized spacial score (nSPS) is 20.1. The summed E-state index contributed by atoms with van der Waals surface area (Å²) < 4.78 is 0. The quantitative estimate of drug-likeness (QED) is 0.442. The molecule has 0 aliphatic carbocycles. The first-order valence-corrected chi connectivity index (χ1v) is 12.7. The highest BCUT2D eigenvalue weighted by Gasteiger charge is 2.30. The van der Waals surface area contributed by atoms with Crippen LogP contribution >= 0.6 is 23.4 Å². The number of nitrogens with one attached hydrogen (secondary N) is 1. The van der Waals surface area contributed by atoms with Gasteiger partial charge in [0.25, 0.3) is 5.91 Å². The molecule has 1 unspecified atom stereocenters. The maximum Gasteiger partial charge on any atom is 0.265 e. The molecule has 0 radical (unpaired) electrons. The first-order chi connectivity index (χ1) is 16.0. The molecule has 0 spiro atoms. The molecular weight excluding hydrogens is 454 g/mol. The molecule has 2 aromatic carbocycles. The van der Waals surface area contributed by atoms with Crippen molar-refractivity contribution in [1.29, 1.82) is 0 Å². The summed E-state index contributed by atoms with van der Waals surface area (Å²) in [7, 11) is 0. The predicted molar refractivity (Wildman–Crippen MR) is 137 cm³/mol. The van der Waals surface area contributed by atoms with E-state index < -0.39 is 0 Å². The highest BCUT2D eigenvalue weighted by molar-refractivity contribution is 8.04. The van der Waals surface area contributed by atoms with Gasteiger partial charge < -0.3 is 10.2 Å². The monoisotopic (exact) mass is 483 g/mol. The minimum Gasteiger partial charge on any atom is -0.355 e. The van der Waals surface area contributed by atoms with E-state index in [2.05, 4.69) is 17.1 Å². The van der Waals surface area contributed by atoms with E-state index in [4.69, 9.17) is 11.6 Å². The van der Waals surface area contributed by atoms with Crippen LogP contribution < -0.4 is 10.2 Å². The predicted octanol–water partition coefficient (Wildman–Crippen LogP) is 5.06. The Labute approximate surface area is 205 Å². The zero-order valence-electron chi connectivity index (χ0n) is 18.9. The van der Waals surface area contributed by atoms with Crippen LogP contribution in [0.3, 0.4) is 0 Å². The van der Waals surface area contributed by atoms with Gasteiger partial charge in [-0.15, -0.1) is 0 Å². The number of anilines is 1. The number of nitrogens with zero attached hydrogens (tertiary/aromatic N) is 2. The molecule has 2 amide bonds. The van der Waals surface area contributed by atoms with Crippen molar-refractivity contribution >= 4 is 46.9 Å². The van der Waals surface area contributed by atoms with Crippen LogP contribution in [0.2, 0.25) is 5.02 Å². The van der Waals surface area contributed by atoms with Crippen molar-refractivity contribution < 1.29 is 9.59 Å². The van der Waals surface area contributed by atoms with Crippen molar-refractivity contribution in [2.24, 2.45) is 5.92 Å². The Kier molecular flexibility index (Phi) is 8.12. The van der Waals surface area contributed by atoms with Crippen LogP contribution in [-0.4, -0.2) is 49.4 Å². The van der Waals surface area contributed by atoms with Crippen molar-refractivity contribution in [2.45, 2.75) is 31.1 Å². The summed E-state index contributed by atoms with van der Waals surface area (Å²) in [6.45, 7) is 6.22. The van der Waals surface area contributed by atoms with Crippen LogP contribution in [0.25, 0.3) is 6.08 Å². The number of carbonyl (C=O) groups is 2. The summed E-state index contributed by atoms with van der Waals surface area (Å²) in [5, 5.41) is 3.62. The number of benzene rings is 2. The molecule has 174 valence electrons. The third-order valence-corrected chi connectivity index (χ3v) is 7.31. The van der Waals surface area contributed by atoms with Gasteiger partial charge in [-0.2, -0.15) is 0 Å². The average Bonchev–Trinajstić information content (AvgIpc) is 2.79. The maximum absolute atomic E-state index is 13.3. The van der Waals surface area contributed by atoms with Gasteiger partial charge in [-0.1, -0.05) is 54.6 Å². The second kappa shape index (κ2) is 11.2. The average molecular weight is 484 g/mol. The first-order valence-electron chi connectivity index (χ1n) is 11.5. The number of carbonyl (C=O) groups excluding carboxylic acids is 2. The molecule has 7 heteroatoms. The van der Waals surface area contributed by atoms with Crippen LogP contribution in [0, 0.1) is 5.92 Å². The van der Waals surface area contributed by atoms with Crippen molar-refractivity contribution in [3.8, 4) is 0 Å². The zero-order valence-corrected chi connectivity index (χ0v) is 20.5. The second-order valence-electron chi connectivity index (χ2n) is 8.78. The summed E-state index contributed by atoms with van der Waals surface area (Å²) in [5.41, 5.74) is 1.63. The van der Waals surface area contributed by atoms with E-state index >= 15 is 0 Å². The molecule has 0 bridgehead atoms. The number of para-hydroxylation sites is 1. The highest BCUT2D eigenvalue weighted by Crippen LogP contribution is 2.42. The molecular formula is C26H30ClN3O2S. The Balaban J connectivity index is 1.39. The van der Waals surface area contributed by atoms with E-state index in [1.54, 1.807) is 11.0 Å².